The SMILES string of the molecule is COc1ccc(CN(C)c2nc(C)cc(N)n2)c(OC)c1. The van der Waals surface area contributed by atoms with Crippen molar-refractivity contribution < 1.29 is 9.47 Å². The number of hydrogen-bond acceptors (Lipinski definition) is 6. The summed E-state index contributed by atoms with van der Waals surface area (Å²) >= 11 is 0. The van der Waals surface area contributed by atoms with Gasteiger partial charge in [0.1, 0.15) is 17.3 Å². The van der Waals surface area contributed by atoms with E-state index in [1.54, 1.807) is 20.3 Å². The van der Waals surface area contributed by atoms with Crippen LogP contribution in [0.25, 0.3) is 0 Å². The first-order valence-corrected chi connectivity index (χ1v) is 6.56. The number of nitrogens with two attached hydrogens (primary N) is 1. The van der Waals surface area contributed by atoms with Gasteiger partial charge >= 0.3 is 0 Å². The van der Waals surface area contributed by atoms with Crippen LogP contribution in [0, 0.1) is 6.92 Å². The second kappa shape index (κ2) is 6.30. The Labute approximate surface area is 124 Å². The Morgan fingerprint density at radius 1 is 1.14 bits per heavy atom. The number of hydrogen-bond donors (Lipinski definition) is 1. The van der Waals surface area contributed by atoms with Gasteiger partial charge in [-0.3, -0.25) is 0 Å². The maximum Gasteiger partial charge on any atom is 0.227 e. The minimum Gasteiger partial charge on any atom is -0.497 e. The van der Waals surface area contributed by atoms with Crippen molar-refractivity contribution in [1.29, 1.82) is 0 Å². The minimum atomic E-state index is 0.464. The molecule has 1 aromatic carbocycles. The first kappa shape index (κ1) is 14.9. The van der Waals surface area contributed by atoms with Gasteiger partial charge in [0, 0.05) is 37.0 Å². The third-order valence-corrected chi connectivity index (χ3v) is 3.11. The van der Waals surface area contributed by atoms with E-state index in [9.17, 15) is 0 Å². The zero-order valence-corrected chi connectivity index (χ0v) is 12.8. The number of nitrogens with zero attached hydrogens (tertiary/aromatic N) is 3. The molecule has 1 heterocycles. The highest BCUT2D eigenvalue weighted by atomic mass is 16.5. The van der Waals surface area contributed by atoms with Crippen LogP contribution in [0.2, 0.25) is 0 Å². The second-order valence-corrected chi connectivity index (χ2v) is 4.77. The van der Waals surface area contributed by atoms with Crippen molar-refractivity contribution in [3.8, 4) is 11.5 Å². The van der Waals surface area contributed by atoms with E-state index in [0.29, 0.717) is 18.3 Å². The van der Waals surface area contributed by atoms with Crippen molar-refractivity contribution in [2.45, 2.75) is 13.5 Å². The first-order valence-electron chi connectivity index (χ1n) is 6.56. The Morgan fingerprint density at radius 3 is 2.52 bits per heavy atom. The molecule has 0 aliphatic rings. The van der Waals surface area contributed by atoms with Gasteiger partial charge in [-0.25, -0.2) is 4.98 Å². The Kier molecular flexibility index (Phi) is 4.47. The summed E-state index contributed by atoms with van der Waals surface area (Å²) in [5.74, 6) is 2.58. The van der Waals surface area contributed by atoms with Crippen molar-refractivity contribution in [2.75, 3.05) is 31.9 Å². The summed E-state index contributed by atoms with van der Waals surface area (Å²) < 4.78 is 10.6. The summed E-state index contributed by atoms with van der Waals surface area (Å²) in [5, 5.41) is 0. The third kappa shape index (κ3) is 3.53. The summed E-state index contributed by atoms with van der Waals surface area (Å²) in [6.07, 6.45) is 0. The average molecular weight is 288 g/mol. The number of ether oxygens (including phenoxy) is 2. The molecule has 112 valence electrons. The Hall–Kier alpha value is -2.50. The van der Waals surface area contributed by atoms with Crippen molar-refractivity contribution in [3.63, 3.8) is 0 Å². The van der Waals surface area contributed by atoms with E-state index < -0.39 is 0 Å². The van der Waals surface area contributed by atoms with E-state index in [1.807, 2.05) is 37.1 Å². The molecule has 0 amide bonds. The largest absolute Gasteiger partial charge is 0.497 e. The van der Waals surface area contributed by atoms with E-state index in [2.05, 4.69) is 9.97 Å². The molecule has 0 unspecified atom stereocenters. The van der Waals surface area contributed by atoms with Gasteiger partial charge in [-0.05, 0) is 19.1 Å². The normalized spacial score (nSPS) is 10.3. The van der Waals surface area contributed by atoms with Gasteiger partial charge in [-0.1, -0.05) is 0 Å². The molecule has 6 heteroatoms. The van der Waals surface area contributed by atoms with Crippen molar-refractivity contribution in [1.82, 2.24) is 9.97 Å². The summed E-state index contributed by atoms with van der Waals surface area (Å²) in [7, 11) is 5.18. The number of aryl methyl sites for hydroxylation is 1. The fourth-order valence-electron chi connectivity index (χ4n) is 2.06. The smallest absolute Gasteiger partial charge is 0.227 e. The minimum absolute atomic E-state index is 0.464. The van der Waals surface area contributed by atoms with E-state index in [4.69, 9.17) is 15.2 Å². The highest BCUT2D eigenvalue weighted by molar-refractivity contribution is 5.45. The lowest BCUT2D eigenvalue weighted by Gasteiger charge is -2.19. The number of rotatable bonds is 5. The van der Waals surface area contributed by atoms with Gasteiger partial charge in [-0.2, -0.15) is 4.98 Å². The summed E-state index contributed by atoms with van der Waals surface area (Å²) in [6, 6.07) is 7.46. The van der Waals surface area contributed by atoms with Crippen LogP contribution in [0.5, 0.6) is 11.5 Å². The lowest BCUT2D eigenvalue weighted by molar-refractivity contribution is 0.391. The van der Waals surface area contributed by atoms with E-state index in [1.165, 1.54) is 0 Å². The maximum atomic E-state index is 5.77. The standard InChI is InChI=1S/C15H20N4O2/c1-10-7-14(16)18-15(17-10)19(2)9-11-5-6-12(20-3)8-13(11)21-4/h5-8H,9H2,1-4H3,(H2,16,17,18). The molecule has 2 rings (SSSR count). The predicted octanol–water partition coefficient (Wildman–Crippen LogP) is 2.02. The molecule has 0 aliphatic heterocycles. The highest BCUT2D eigenvalue weighted by Gasteiger charge is 2.11. The zero-order chi connectivity index (χ0) is 15.4. The maximum absolute atomic E-state index is 5.77. The second-order valence-electron chi connectivity index (χ2n) is 4.77. The fraction of sp³-hybridized carbons (Fsp3) is 0.333. The molecule has 6 nitrogen and oxygen atoms in total. The van der Waals surface area contributed by atoms with Gasteiger partial charge in [-0.15, -0.1) is 0 Å². The molecular formula is C15H20N4O2. The van der Waals surface area contributed by atoms with Crippen molar-refractivity contribution >= 4 is 11.8 Å². The molecule has 1 aromatic heterocycles. The predicted molar refractivity (Wildman–Crippen MR) is 82.8 cm³/mol. The summed E-state index contributed by atoms with van der Waals surface area (Å²) in [5.41, 5.74) is 7.62. The molecule has 0 saturated heterocycles. The molecule has 0 spiro atoms. The topological polar surface area (TPSA) is 73.5 Å². The molecule has 0 radical (unpaired) electrons. The number of methoxy groups -OCH3 is 2. The van der Waals surface area contributed by atoms with Gasteiger partial charge < -0.3 is 20.1 Å². The van der Waals surface area contributed by atoms with Crippen LogP contribution in [0.15, 0.2) is 24.3 Å². The molecule has 0 fully saturated rings. The summed E-state index contributed by atoms with van der Waals surface area (Å²) in [6.45, 7) is 2.50. The number of aromatic nitrogens is 2. The fourth-order valence-corrected chi connectivity index (χ4v) is 2.06. The van der Waals surface area contributed by atoms with Crippen LogP contribution in [0.3, 0.4) is 0 Å². The van der Waals surface area contributed by atoms with Crippen LogP contribution in [-0.2, 0) is 6.54 Å². The number of nitrogen functional groups attached to an aromatic ring is 1. The Bertz CT molecular complexity index is 611. The third-order valence-electron chi connectivity index (χ3n) is 3.11. The Balaban J connectivity index is 2.24. The van der Waals surface area contributed by atoms with Crippen LogP contribution >= 0.6 is 0 Å². The van der Waals surface area contributed by atoms with Crippen LogP contribution < -0.4 is 20.1 Å². The van der Waals surface area contributed by atoms with Crippen LogP contribution in [0.4, 0.5) is 11.8 Å². The van der Waals surface area contributed by atoms with Crippen molar-refractivity contribution in [3.05, 3.63) is 35.5 Å². The lowest BCUT2D eigenvalue weighted by Crippen LogP contribution is -2.20. The highest BCUT2D eigenvalue weighted by Crippen LogP contribution is 2.26. The van der Waals surface area contributed by atoms with Crippen molar-refractivity contribution in [2.24, 2.45) is 0 Å². The molecule has 0 atom stereocenters. The average Bonchev–Trinajstić information content (AvgIpc) is 2.46. The van der Waals surface area contributed by atoms with E-state index in [0.717, 1.165) is 22.8 Å². The molecule has 0 bridgehead atoms. The van der Waals surface area contributed by atoms with Gasteiger partial charge in [0.15, 0.2) is 0 Å². The van der Waals surface area contributed by atoms with Crippen LogP contribution in [0.1, 0.15) is 11.3 Å². The van der Waals surface area contributed by atoms with Gasteiger partial charge in [0.25, 0.3) is 0 Å². The summed E-state index contributed by atoms with van der Waals surface area (Å²) in [4.78, 5) is 10.6. The Morgan fingerprint density at radius 2 is 1.90 bits per heavy atom. The monoisotopic (exact) mass is 288 g/mol. The molecule has 2 aromatic rings. The molecule has 2 N–H and O–H groups in total. The molecule has 21 heavy (non-hydrogen) atoms. The van der Waals surface area contributed by atoms with Crippen LogP contribution in [-0.4, -0.2) is 31.2 Å². The number of benzene rings is 1. The van der Waals surface area contributed by atoms with Gasteiger partial charge in [0.05, 0.1) is 14.2 Å². The zero-order valence-electron chi connectivity index (χ0n) is 12.8. The first-order chi connectivity index (χ1) is 10.0. The molecular weight excluding hydrogens is 268 g/mol. The molecule has 0 aliphatic carbocycles. The molecule has 0 saturated carbocycles. The van der Waals surface area contributed by atoms with E-state index >= 15 is 0 Å². The lowest BCUT2D eigenvalue weighted by atomic mass is 10.2. The quantitative estimate of drug-likeness (QED) is 0.907. The van der Waals surface area contributed by atoms with Gasteiger partial charge in [0.2, 0.25) is 5.95 Å². The number of anilines is 2. The van der Waals surface area contributed by atoms with E-state index in [-0.39, 0.29) is 0 Å².